The van der Waals surface area contributed by atoms with Gasteiger partial charge in [0.25, 0.3) is 5.24 Å². The van der Waals surface area contributed by atoms with Gasteiger partial charge in [-0.1, -0.05) is 35.3 Å². The summed E-state index contributed by atoms with van der Waals surface area (Å²) in [5.41, 5.74) is 0.749. The molecule has 1 aromatic carbocycles. The third-order valence-corrected chi connectivity index (χ3v) is 2.76. The fourth-order valence-corrected chi connectivity index (χ4v) is 1.92. The number of halogens is 3. The van der Waals surface area contributed by atoms with E-state index in [1.807, 2.05) is 0 Å². The average molecular weight is 261 g/mol. The summed E-state index contributed by atoms with van der Waals surface area (Å²) in [5.74, 6) is 0. The zero-order chi connectivity index (χ0) is 11.0. The summed E-state index contributed by atoms with van der Waals surface area (Å²) in [7, 11) is 0. The lowest BCUT2D eigenvalue weighted by Crippen LogP contribution is -1.94. The maximum absolute atomic E-state index is 11.0. The first-order chi connectivity index (χ1) is 7.09. The molecule has 76 valence electrons. The Balaban J connectivity index is 2.82. The Morgan fingerprint density at radius 1 is 1.27 bits per heavy atom. The smallest absolute Gasteiger partial charge is 0.255 e. The molecule has 0 radical (unpaired) electrons. The largest absolute Gasteiger partial charge is 0.275 e. The zero-order valence-corrected chi connectivity index (χ0v) is 9.57. The molecule has 0 fully saturated rings. The van der Waals surface area contributed by atoms with E-state index in [9.17, 15) is 4.79 Å². The van der Waals surface area contributed by atoms with Crippen molar-refractivity contribution in [2.75, 3.05) is 0 Å². The highest BCUT2D eigenvalue weighted by atomic mass is 35.5. The van der Waals surface area contributed by atoms with Gasteiger partial charge >= 0.3 is 0 Å². The Morgan fingerprint density at radius 2 is 2.00 bits per heavy atom. The molecule has 0 N–H and O–H groups in total. The summed E-state index contributed by atoms with van der Waals surface area (Å²) < 4.78 is 0. The minimum absolute atomic E-state index is 0.0654. The van der Waals surface area contributed by atoms with Crippen molar-refractivity contribution in [2.24, 2.45) is 0 Å². The van der Waals surface area contributed by atoms with Crippen molar-refractivity contribution in [3.8, 4) is 0 Å². The van der Waals surface area contributed by atoms with Crippen LogP contribution in [0.4, 0.5) is 0 Å². The number of carbonyl (C=O) groups excluding carboxylic acids is 1. The molecule has 0 aliphatic carbocycles. The minimum Gasteiger partial charge on any atom is -0.275 e. The molecule has 2 nitrogen and oxygen atoms in total. The Kier molecular flexibility index (Phi) is 2.83. The average Bonchev–Trinajstić information content (AvgIpc) is 2.18. The predicted molar refractivity (Wildman–Crippen MR) is 61.9 cm³/mol. The van der Waals surface area contributed by atoms with Gasteiger partial charge in [-0.25, -0.2) is 4.98 Å². The number of para-hydroxylation sites is 1. The van der Waals surface area contributed by atoms with Crippen molar-refractivity contribution in [1.82, 2.24) is 4.98 Å². The van der Waals surface area contributed by atoms with E-state index in [1.165, 1.54) is 0 Å². The van der Waals surface area contributed by atoms with Crippen molar-refractivity contribution >= 4 is 50.9 Å². The monoisotopic (exact) mass is 259 g/mol. The van der Waals surface area contributed by atoms with Crippen LogP contribution in [0.3, 0.4) is 0 Å². The summed E-state index contributed by atoms with van der Waals surface area (Å²) in [5, 5.41) is 0.656. The predicted octanol–water partition coefficient (Wildman–Crippen LogP) is 3.92. The summed E-state index contributed by atoms with van der Waals surface area (Å²) in [6, 6.07) is 6.83. The number of aromatic nitrogens is 1. The van der Waals surface area contributed by atoms with Crippen molar-refractivity contribution in [3.63, 3.8) is 0 Å². The quantitative estimate of drug-likeness (QED) is 0.574. The molecule has 1 heterocycles. The standard InChI is InChI=1S/C10H4Cl3NO/c11-7-3-1-2-5-4-6(10(13)15)9(12)14-8(5)7/h1-4H. The molecule has 0 saturated heterocycles. The van der Waals surface area contributed by atoms with Crippen LogP contribution in [0.5, 0.6) is 0 Å². The van der Waals surface area contributed by atoms with E-state index in [1.54, 1.807) is 24.3 Å². The number of fused-ring (bicyclic) bond motifs is 1. The van der Waals surface area contributed by atoms with Gasteiger partial charge in [0.2, 0.25) is 0 Å². The van der Waals surface area contributed by atoms with Crippen LogP contribution in [0.15, 0.2) is 24.3 Å². The second-order valence-corrected chi connectivity index (χ2v) is 4.02. The fourth-order valence-electron chi connectivity index (χ4n) is 1.28. The minimum atomic E-state index is -0.630. The molecular formula is C10H4Cl3NO. The number of pyridine rings is 1. The van der Waals surface area contributed by atoms with E-state index in [0.717, 1.165) is 5.39 Å². The van der Waals surface area contributed by atoms with Gasteiger partial charge in [0.15, 0.2) is 0 Å². The van der Waals surface area contributed by atoms with Crippen LogP contribution in [0.25, 0.3) is 10.9 Å². The van der Waals surface area contributed by atoms with Crippen molar-refractivity contribution in [2.45, 2.75) is 0 Å². The van der Waals surface area contributed by atoms with Crippen LogP contribution in [0.1, 0.15) is 10.4 Å². The van der Waals surface area contributed by atoms with Gasteiger partial charge in [-0.05, 0) is 23.7 Å². The van der Waals surface area contributed by atoms with Gasteiger partial charge < -0.3 is 0 Å². The summed E-state index contributed by atoms with van der Waals surface area (Å²) in [6.07, 6.45) is 0. The Bertz CT molecular complexity index is 554. The topological polar surface area (TPSA) is 30.0 Å². The first kappa shape index (κ1) is 10.7. The van der Waals surface area contributed by atoms with E-state index in [0.29, 0.717) is 10.5 Å². The van der Waals surface area contributed by atoms with Crippen LogP contribution < -0.4 is 0 Å². The van der Waals surface area contributed by atoms with Crippen LogP contribution in [0, 0.1) is 0 Å². The van der Waals surface area contributed by atoms with Crippen LogP contribution in [0.2, 0.25) is 10.2 Å². The lowest BCUT2D eigenvalue weighted by molar-refractivity contribution is 0.108. The van der Waals surface area contributed by atoms with Crippen LogP contribution in [-0.2, 0) is 0 Å². The highest BCUT2D eigenvalue weighted by Crippen LogP contribution is 2.26. The van der Waals surface area contributed by atoms with Crippen molar-refractivity contribution in [1.29, 1.82) is 0 Å². The number of nitrogens with zero attached hydrogens (tertiary/aromatic N) is 1. The molecule has 0 unspecified atom stereocenters. The molecule has 0 bridgehead atoms. The molecule has 0 saturated carbocycles. The SMILES string of the molecule is O=C(Cl)c1cc2cccc(Cl)c2nc1Cl. The van der Waals surface area contributed by atoms with Crippen LogP contribution in [-0.4, -0.2) is 10.2 Å². The van der Waals surface area contributed by atoms with Gasteiger partial charge in [0.05, 0.1) is 16.1 Å². The second kappa shape index (κ2) is 3.97. The molecule has 0 atom stereocenters. The van der Waals surface area contributed by atoms with E-state index >= 15 is 0 Å². The third-order valence-electron chi connectivity index (χ3n) is 1.96. The Morgan fingerprint density at radius 3 is 2.67 bits per heavy atom. The second-order valence-electron chi connectivity index (χ2n) is 2.91. The number of rotatable bonds is 1. The van der Waals surface area contributed by atoms with Crippen molar-refractivity contribution < 1.29 is 4.79 Å². The normalized spacial score (nSPS) is 10.6. The zero-order valence-electron chi connectivity index (χ0n) is 7.30. The van der Waals surface area contributed by atoms with Gasteiger partial charge in [0.1, 0.15) is 5.15 Å². The number of benzene rings is 1. The number of carbonyl (C=O) groups is 1. The highest BCUT2D eigenvalue weighted by molar-refractivity contribution is 6.68. The van der Waals surface area contributed by atoms with Gasteiger partial charge in [-0.3, -0.25) is 4.79 Å². The lowest BCUT2D eigenvalue weighted by Gasteiger charge is -2.03. The molecule has 5 heteroatoms. The van der Waals surface area contributed by atoms with Gasteiger partial charge in [-0.15, -0.1) is 0 Å². The van der Waals surface area contributed by atoms with E-state index < -0.39 is 5.24 Å². The van der Waals surface area contributed by atoms with Crippen molar-refractivity contribution in [3.05, 3.63) is 40.0 Å². The molecule has 0 amide bonds. The summed E-state index contributed by atoms with van der Waals surface area (Å²) >= 11 is 17.1. The van der Waals surface area contributed by atoms with Gasteiger partial charge in [0, 0.05) is 5.39 Å². The molecule has 2 aromatic rings. The fraction of sp³-hybridized carbons (Fsp3) is 0. The van der Waals surface area contributed by atoms with Gasteiger partial charge in [-0.2, -0.15) is 0 Å². The van der Waals surface area contributed by atoms with E-state index in [2.05, 4.69) is 4.98 Å². The summed E-state index contributed by atoms with van der Waals surface area (Å²) in [6.45, 7) is 0. The van der Waals surface area contributed by atoms with E-state index in [-0.39, 0.29) is 10.7 Å². The molecule has 0 aliphatic rings. The molecule has 0 spiro atoms. The molecular weight excluding hydrogens is 256 g/mol. The first-order valence-corrected chi connectivity index (χ1v) is 5.17. The highest BCUT2D eigenvalue weighted by Gasteiger charge is 2.11. The molecule has 0 aliphatic heterocycles. The Labute approximate surface area is 101 Å². The maximum Gasteiger partial charge on any atom is 0.255 e. The van der Waals surface area contributed by atoms with Crippen LogP contribution >= 0.6 is 34.8 Å². The lowest BCUT2D eigenvalue weighted by atomic mass is 10.2. The number of hydrogen-bond donors (Lipinski definition) is 0. The summed E-state index contributed by atoms with van der Waals surface area (Å²) in [4.78, 5) is 15.0. The molecule has 1 aromatic heterocycles. The molecule has 2 rings (SSSR count). The molecule has 15 heavy (non-hydrogen) atoms. The maximum atomic E-state index is 11.0. The first-order valence-electron chi connectivity index (χ1n) is 4.04. The number of hydrogen-bond acceptors (Lipinski definition) is 2. The third kappa shape index (κ3) is 1.93. The van der Waals surface area contributed by atoms with E-state index in [4.69, 9.17) is 34.8 Å². The Hall–Kier alpha value is -0.830.